The average Bonchev–Trinajstić information content (AvgIpc) is 2.91. The lowest BCUT2D eigenvalue weighted by Crippen LogP contribution is -2.11. The van der Waals surface area contributed by atoms with Crippen molar-refractivity contribution in [3.8, 4) is 5.75 Å². The van der Waals surface area contributed by atoms with Gasteiger partial charge in [0, 0.05) is 24.2 Å². The first-order valence-corrected chi connectivity index (χ1v) is 8.43. The molecule has 0 bridgehead atoms. The molecular weight excluding hydrogens is 280 g/mol. The highest BCUT2D eigenvalue weighted by Crippen LogP contribution is 2.14. The Kier molecular flexibility index (Phi) is 6.70. The molecule has 0 atom stereocenters. The minimum atomic E-state index is 0.816. The number of aryl methyl sites for hydroxylation is 1. The number of aromatic nitrogens is 1. The normalized spacial score (nSPS) is 10.8. The van der Waals surface area contributed by atoms with Crippen molar-refractivity contribution in [1.29, 1.82) is 0 Å². The van der Waals surface area contributed by atoms with E-state index in [0.29, 0.717) is 0 Å². The quantitative estimate of drug-likeness (QED) is 0.701. The molecule has 2 aromatic rings. The van der Waals surface area contributed by atoms with E-state index < -0.39 is 0 Å². The van der Waals surface area contributed by atoms with Crippen molar-refractivity contribution >= 4 is 11.3 Å². The van der Waals surface area contributed by atoms with Crippen LogP contribution in [0.2, 0.25) is 0 Å². The summed E-state index contributed by atoms with van der Waals surface area (Å²) in [5.74, 6) is 0.966. The number of hydrogen-bond acceptors (Lipinski definition) is 4. The van der Waals surface area contributed by atoms with E-state index in [9.17, 15) is 0 Å². The smallest absolute Gasteiger partial charge is 0.119 e. The van der Waals surface area contributed by atoms with Crippen LogP contribution in [0.25, 0.3) is 0 Å². The molecule has 0 unspecified atom stereocenters. The molecule has 114 valence electrons. The van der Waals surface area contributed by atoms with Crippen LogP contribution in [0.1, 0.15) is 41.6 Å². The Hall–Kier alpha value is -1.39. The van der Waals surface area contributed by atoms with Crippen LogP contribution < -0.4 is 10.1 Å². The van der Waals surface area contributed by atoms with E-state index in [0.717, 1.165) is 36.9 Å². The third-order valence-corrected chi connectivity index (χ3v) is 4.15. The Morgan fingerprint density at radius 1 is 1.14 bits per heavy atom. The minimum absolute atomic E-state index is 0.816. The van der Waals surface area contributed by atoms with Gasteiger partial charge in [0.2, 0.25) is 0 Å². The molecule has 0 aliphatic heterocycles. The predicted molar refractivity (Wildman–Crippen MR) is 88.9 cm³/mol. The number of thiazole rings is 1. The number of ether oxygens (including phenoxy) is 1. The maximum atomic E-state index is 5.71. The zero-order valence-electron chi connectivity index (χ0n) is 12.9. The Balaban J connectivity index is 1.69. The SMILES string of the molecule is CCCCCOc1ccc(CNCc2cnc(C)s2)cc1. The first kappa shape index (κ1) is 16.0. The molecule has 1 heterocycles. The van der Waals surface area contributed by atoms with Gasteiger partial charge in [0.1, 0.15) is 5.75 Å². The summed E-state index contributed by atoms with van der Waals surface area (Å²) >= 11 is 1.74. The monoisotopic (exact) mass is 304 g/mol. The molecule has 4 heteroatoms. The topological polar surface area (TPSA) is 34.1 Å². The number of unbranched alkanes of at least 4 members (excludes halogenated alkanes) is 2. The molecule has 0 fully saturated rings. The van der Waals surface area contributed by atoms with Crippen LogP contribution in [0.15, 0.2) is 30.5 Å². The van der Waals surface area contributed by atoms with E-state index in [4.69, 9.17) is 4.74 Å². The van der Waals surface area contributed by atoms with E-state index in [1.165, 1.54) is 23.3 Å². The Bertz CT molecular complexity index is 522. The molecule has 1 aromatic heterocycles. The van der Waals surface area contributed by atoms with Crippen molar-refractivity contribution in [1.82, 2.24) is 10.3 Å². The molecule has 0 aliphatic rings. The molecule has 0 amide bonds. The van der Waals surface area contributed by atoms with Crippen LogP contribution in [0.3, 0.4) is 0 Å². The first-order chi connectivity index (χ1) is 10.3. The maximum absolute atomic E-state index is 5.71. The molecule has 2 rings (SSSR count). The molecule has 3 nitrogen and oxygen atoms in total. The molecule has 1 N–H and O–H groups in total. The second kappa shape index (κ2) is 8.80. The van der Waals surface area contributed by atoms with Crippen molar-refractivity contribution in [3.05, 3.63) is 45.9 Å². The highest BCUT2D eigenvalue weighted by Gasteiger charge is 1.99. The summed E-state index contributed by atoms with van der Waals surface area (Å²) in [5, 5.41) is 4.56. The summed E-state index contributed by atoms with van der Waals surface area (Å²) in [4.78, 5) is 5.54. The van der Waals surface area contributed by atoms with Gasteiger partial charge in [-0.25, -0.2) is 4.98 Å². The fraction of sp³-hybridized carbons (Fsp3) is 0.471. The maximum Gasteiger partial charge on any atom is 0.119 e. The number of rotatable bonds is 9. The van der Waals surface area contributed by atoms with E-state index in [-0.39, 0.29) is 0 Å². The molecule has 0 aliphatic carbocycles. The highest BCUT2D eigenvalue weighted by atomic mass is 32.1. The summed E-state index contributed by atoms with van der Waals surface area (Å²) in [5.41, 5.74) is 1.28. The van der Waals surface area contributed by atoms with Crippen LogP contribution in [0, 0.1) is 6.92 Å². The summed E-state index contributed by atoms with van der Waals surface area (Å²) < 4.78 is 5.71. The third kappa shape index (κ3) is 5.86. The molecule has 0 saturated heterocycles. The van der Waals surface area contributed by atoms with Gasteiger partial charge in [0.25, 0.3) is 0 Å². The van der Waals surface area contributed by atoms with Crippen molar-refractivity contribution in [3.63, 3.8) is 0 Å². The van der Waals surface area contributed by atoms with E-state index in [2.05, 4.69) is 41.5 Å². The standard InChI is InChI=1S/C17H24N2OS/c1-3-4-5-10-20-16-8-6-15(7-9-16)11-18-12-17-13-19-14(2)21-17/h6-9,13,18H,3-5,10-12H2,1-2H3. The number of nitrogens with zero attached hydrogens (tertiary/aromatic N) is 1. The van der Waals surface area contributed by atoms with Crippen molar-refractivity contribution < 1.29 is 4.74 Å². The van der Waals surface area contributed by atoms with Crippen LogP contribution in [0.5, 0.6) is 5.75 Å². The molecule has 0 saturated carbocycles. The van der Waals surface area contributed by atoms with Crippen molar-refractivity contribution in [2.24, 2.45) is 0 Å². The van der Waals surface area contributed by atoms with E-state index in [1.54, 1.807) is 11.3 Å². The molecule has 21 heavy (non-hydrogen) atoms. The second-order valence-electron chi connectivity index (χ2n) is 5.15. The lowest BCUT2D eigenvalue weighted by molar-refractivity contribution is 0.306. The third-order valence-electron chi connectivity index (χ3n) is 3.24. The summed E-state index contributed by atoms with van der Waals surface area (Å²) in [6, 6.07) is 8.36. The average molecular weight is 304 g/mol. The summed E-state index contributed by atoms with van der Waals surface area (Å²) in [7, 11) is 0. The Morgan fingerprint density at radius 2 is 1.95 bits per heavy atom. The Morgan fingerprint density at radius 3 is 2.62 bits per heavy atom. The number of nitrogens with one attached hydrogen (secondary N) is 1. The first-order valence-electron chi connectivity index (χ1n) is 7.61. The second-order valence-corrected chi connectivity index (χ2v) is 6.47. The van der Waals surface area contributed by atoms with Crippen LogP contribution in [0.4, 0.5) is 0 Å². The lowest BCUT2D eigenvalue weighted by atomic mass is 10.2. The summed E-state index contributed by atoms with van der Waals surface area (Å²) in [6.45, 7) is 6.80. The molecule has 0 radical (unpaired) electrons. The predicted octanol–water partition coefficient (Wildman–Crippen LogP) is 4.31. The number of hydrogen-bond donors (Lipinski definition) is 1. The molecule has 0 spiro atoms. The minimum Gasteiger partial charge on any atom is -0.494 e. The van der Waals surface area contributed by atoms with Gasteiger partial charge < -0.3 is 10.1 Å². The van der Waals surface area contributed by atoms with Crippen molar-refractivity contribution in [2.45, 2.75) is 46.2 Å². The largest absolute Gasteiger partial charge is 0.494 e. The fourth-order valence-corrected chi connectivity index (χ4v) is 2.83. The van der Waals surface area contributed by atoms with Gasteiger partial charge in [-0.1, -0.05) is 31.9 Å². The van der Waals surface area contributed by atoms with Crippen LogP contribution >= 0.6 is 11.3 Å². The van der Waals surface area contributed by atoms with Crippen molar-refractivity contribution in [2.75, 3.05) is 6.61 Å². The van der Waals surface area contributed by atoms with Gasteiger partial charge in [-0.2, -0.15) is 0 Å². The van der Waals surface area contributed by atoms with Gasteiger partial charge in [-0.05, 0) is 31.0 Å². The zero-order chi connectivity index (χ0) is 14.9. The van der Waals surface area contributed by atoms with Gasteiger partial charge in [0.05, 0.1) is 11.6 Å². The fourth-order valence-electron chi connectivity index (χ4n) is 2.06. The number of benzene rings is 1. The van der Waals surface area contributed by atoms with Gasteiger partial charge in [-0.3, -0.25) is 0 Å². The van der Waals surface area contributed by atoms with E-state index >= 15 is 0 Å². The molecular formula is C17H24N2OS. The van der Waals surface area contributed by atoms with Gasteiger partial charge >= 0.3 is 0 Å². The van der Waals surface area contributed by atoms with Crippen LogP contribution in [-0.2, 0) is 13.1 Å². The van der Waals surface area contributed by atoms with Gasteiger partial charge in [0.15, 0.2) is 0 Å². The van der Waals surface area contributed by atoms with Gasteiger partial charge in [-0.15, -0.1) is 11.3 Å². The molecule has 1 aromatic carbocycles. The lowest BCUT2D eigenvalue weighted by Gasteiger charge is -2.07. The summed E-state index contributed by atoms with van der Waals surface area (Å²) in [6.07, 6.45) is 5.54. The highest BCUT2D eigenvalue weighted by molar-refractivity contribution is 7.11. The van der Waals surface area contributed by atoms with Crippen LogP contribution in [-0.4, -0.2) is 11.6 Å². The van der Waals surface area contributed by atoms with E-state index in [1.807, 2.05) is 13.1 Å². The zero-order valence-corrected chi connectivity index (χ0v) is 13.7. The Labute approximate surface area is 131 Å².